The maximum absolute atomic E-state index is 12.6. The molecule has 0 radical (unpaired) electrons. The molecule has 1 aromatic rings. The molecule has 1 saturated heterocycles. The normalized spacial score (nSPS) is 23.2. The monoisotopic (exact) mass is 242 g/mol. The lowest BCUT2D eigenvalue weighted by molar-refractivity contribution is 0.494. The van der Waals surface area contributed by atoms with Crippen molar-refractivity contribution in [3.63, 3.8) is 0 Å². The minimum Gasteiger partial charge on any atom is -0.370 e. The molecule has 5 heteroatoms. The van der Waals surface area contributed by atoms with Crippen LogP contribution in [0.25, 0.3) is 0 Å². The number of benzene rings is 1. The highest BCUT2D eigenvalue weighted by atomic mass is 32.2. The van der Waals surface area contributed by atoms with Crippen molar-refractivity contribution in [2.45, 2.75) is 12.5 Å². The highest BCUT2D eigenvalue weighted by Gasteiger charge is 2.29. The first kappa shape index (κ1) is 11.5. The molecule has 2 unspecified atom stereocenters. The van der Waals surface area contributed by atoms with Crippen LogP contribution in [0.1, 0.15) is 6.42 Å². The van der Waals surface area contributed by atoms with E-state index in [2.05, 4.69) is 4.90 Å². The molecule has 16 heavy (non-hydrogen) atoms. The van der Waals surface area contributed by atoms with Gasteiger partial charge in [0.1, 0.15) is 0 Å². The fourth-order valence-corrected chi connectivity index (χ4v) is 2.57. The first-order valence-corrected chi connectivity index (χ1v) is 6.30. The maximum atomic E-state index is 12.6. The summed E-state index contributed by atoms with van der Waals surface area (Å²) in [6.07, 6.45) is 0.848. The van der Waals surface area contributed by atoms with Crippen LogP contribution in [0.5, 0.6) is 0 Å². The van der Waals surface area contributed by atoms with E-state index in [4.69, 9.17) is 0 Å². The van der Waals surface area contributed by atoms with E-state index in [9.17, 15) is 8.09 Å². The predicted octanol–water partition coefficient (Wildman–Crippen LogP) is 1.75. The molecule has 88 valence electrons. The van der Waals surface area contributed by atoms with Gasteiger partial charge in [0.25, 0.3) is 11.4 Å². The first-order valence-electron chi connectivity index (χ1n) is 5.29. The van der Waals surface area contributed by atoms with E-state index < -0.39 is 11.4 Å². The second kappa shape index (κ2) is 4.93. The Hall–Kier alpha value is -0.940. The molecule has 0 amide bonds. The van der Waals surface area contributed by atoms with Crippen molar-refractivity contribution in [1.29, 1.82) is 0 Å². The molecule has 0 aliphatic carbocycles. The number of nitrogens with zero attached hydrogens (tertiary/aromatic N) is 2. The molecule has 0 bridgehead atoms. The number of likely N-dealkylation sites (N-methyl/N-ethyl adjacent to an activating group) is 1. The largest absolute Gasteiger partial charge is 0.370 e. The molecule has 0 N–H and O–H groups in total. The zero-order chi connectivity index (χ0) is 11.5. The van der Waals surface area contributed by atoms with Gasteiger partial charge in [0, 0.05) is 31.9 Å². The van der Waals surface area contributed by atoms with E-state index in [0.717, 1.165) is 12.1 Å². The van der Waals surface area contributed by atoms with Crippen molar-refractivity contribution in [1.82, 2.24) is 4.31 Å². The number of hydrogen-bond acceptors (Lipinski definition) is 2. The lowest BCUT2D eigenvalue weighted by Gasteiger charge is -2.26. The average molecular weight is 242 g/mol. The number of anilines is 1. The van der Waals surface area contributed by atoms with Crippen molar-refractivity contribution < 1.29 is 8.09 Å². The fraction of sp³-hybridized carbons (Fsp3) is 0.455. The van der Waals surface area contributed by atoms with Crippen LogP contribution in [0.4, 0.5) is 9.57 Å². The third kappa shape index (κ3) is 2.41. The van der Waals surface area contributed by atoms with Crippen LogP contribution >= 0.6 is 0 Å². The Morgan fingerprint density at radius 3 is 2.69 bits per heavy atom. The summed E-state index contributed by atoms with van der Waals surface area (Å²) in [5.41, 5.74) is 1.11. The van der Waals surface area contributed by atoms with Crippen LogP contribution in [0.2, 0.25) is 0 Å². The van der Waals surface area contributed by atoms with Gasteiger partial charge in [-0.2, -0.15) is 4.31 Å². The van der Waals surface area contributed by atoms with Gasteiger partial charge in [0.2, 0.25) is 0 Å². The summed E-state index contributed by atoms with van der Waals surface area (Å²) in [7, 11) is 1.99. The fourth-order valence-electron chi connectivity index (χ4n) is 2.03. The van der Waals surface area contributed by atoms with Crippen LogP contribution in [0.3, 0.4) is 0 Å². The molecule has 0 saturated carbocycles. The molecular formula is C11H15FN2OS. The standard InChI is InChI=1S/C11H15FN2OS/c1-13(10-5-3-2-4-6-10)11-7-8-14(9-11)16(12)15/h2-6,11H,7-9H2,1H3. The van der Waals surface area contributed by atoms with Crippen molar-refractivity contribution in [3.8, 4) is 0 Å². The van der Waals surface area contributed by atoms with E-state index in [0.29, 0.717) is 13.1 Å². The van der Waals surface area contributed by atoms with Gasteiger partial charge in [0.15, 0.2) is 0 Å². The Bertz CT molecular complexity index is 374. The smallest absolute Gasteiger partial charge is 0.277 e. The van der Waals surface area contributed by atoms with Gasteiger partial charge in [-0.3, -0.25) is 0 Å². The highest BCUT2D eigenvalue weighted by molar-refractivity contribution is 7.77. The Kier molecular flexibility index (Phi) is 3.56. The van der Waals surface area contributed by atoms with Crippen molar-refractivity contribution in [3.05, 3.63) is 30.3 Å². The molecule has 1 heterocycles. The Balaban J connectivity index is 2.02. The van der Waals surface area contributed by atoms with Crippen LogP contribution in [-0.4, -0.2) is 34.7 Å². The van der Waals surface area contributed by atoms with Gasteiger partial charge in [-0.1, -0.05) is 18.2 Å². The summed E-state index contributed by atoms with van der Waals surface area (Å²) >= 11 is -2.33. The van der Waals surface area contributed by atoms with Crippen LogP contribution in [0.15, 0.2) is 30.3 Å². The molecule has 2 rings (SSSR count). The lowest BCUT2D eigenvalue weighted by Crippen LogP contribution is -2.34. The van der Waals surface area contributed by atoms with Crippen molar-refractivity contribution in [2.75, 3.05) is 25.0 Å². The topological polar surface area (TPSA) is 23.6 Å². The van der Waals surface area contributed by atoms with Crippen molar-refractivity contribution >= 4 is 17.1 Å². The van der Waals surface area contributed by atoms with Gasteiger partial charge >= 0.3 is 0 Å². The van der Waals surface area contributed by atoms with E-state index in [1.54, 1.807) is 0 Å². The van der Waals surface area contributed by atoms with Gasteiger partial charge in [0.05, 0.1) is 0 Å². The second-order valence-corrected chi connectivity index (χ2v) is 4.91. The number of hydrogen-bond donors (Lipinski definition) is 0. The summed E-state index contributed by atoms with van der Waals surface area (Å²) < 4.78 is 24.7. The van der Waals surface area contributed by atoms with Gasteiger partial charge < -0.3 is 4.90 Å². The second-order valence-electron chi connectivity index (χ2n) is 3.98. The average Bonchev–Trinajstić information content (AvgIpc) is 2.78. The lowest BCUT2D eigenvalue weighted by atomic mass is 10.2. The van der Waals surface area contributed by atoms with E-state index in [-0.39, 0.29) is 6.04 Å². The molecule has 0 aromatic heterocycles. The summed E-state index contributed by atoms with van der Waals surface area (Å²) in [6, 6.07) is 10.2. The van der Waals surface area contributed by atoms with E-state index in [1.807, 2.05) is 37.4 Å². The van der Waals surface area contributed by atoms with Crippen LogP contribution in [0, 0.1) is 0 Å². The zero-order valence-corrected chi connectivity index (χ0v) is 9.99. The summed E-state index contributed by atoms with van der Waals surface area (Å²) in [5.74, 6) is 0. The third-order valence-electron chi connectivity index (χ3n) is 3.04. The minimum absolute atomic E-state index is 0.238. The number of rotatable bonds is 3. The van der Waals surface area contributed by atoms with Gasteiger partial charge in [-0.05, 0) is 18.6 Å². The molecule has 1 aliphatic heterocycles. The third-order valence-corrected chi connectivity index (χ3v) is 3.78. The summed E-state index contributed by atoms with van der Waals surface area (Å²) in [4.78, 5) is 2.12. The highest BCUT2D eigenvalue weighted by Crippen LogP contribution is 2.22. The van der Waals surface area contributed by atoms with Crippen molar-refractivity contribution in [2.24, 2.45) is 0 Å². The quantitative estimate of drug-likeness (QED) is 0.754. The molecule has 1 aromatic carbocycles. The maximum Gasteiger partial charge on any atom is 0.277 e. The minimum atomic E-state index is -2.33. The Morgan fingerprint density at radius 1 is 1.44 bits per heavy atom. The van der Waals surface area contributed by atoms with Gasteiger partial charge in [-0.15, -0.1) is 3.89 Å². The SMILES string of the molecule is CN(c1ccccc1)C1CCN(S(=O)F)C1. The molecule has 1 fully saturated rings. The molecular weight excluding hydrogens is 227 g/mol. The Labute approximate surface area is 97.7 Å². The van der Waals surface area contributed by atoms with Gasteiger partial charge in [-0.25, -0.2) is 4.21 Å². The number of halogens is 1. The first-order chi connectivity index (χ1) is 7.68. The molecule has 0 spiro atoms. The molecule has 2 atom stereocenters. The predicted molar refractivity (Wildman–Crippen MR) is 64.1 cm³/mol. The molecule has 1 aliphatic rings. The van der Waals surface area contributed by atoms with E-state index in [1.165, 1.54) is 4.31 Å². The zero-order valence-electron chi connectivity index (χ0n) is 9.17. The Morgan fingerprint density at radius 2 is 2.12 bits per heavy atom. The summed E-state index contributed by atoms with van der Waals surface area (Å²) in [6.45, 7) is 1.08. The van der Waals surface area contributed by atoms with Crippen LogP contribution in [-0.2, 0) is 11.4 Å². The summed E-state index contributed by atoms with van der Waals surface area (Å²) in [5, 5.41) is 0. The molecule has 3 nitrogen and oxygen atoms in total. The van der Waals surface area contributed by atoms with Crippen LogP contribution < -0.4 is 4.90 Å². The number of para-hydroxylation sites is 1. The van der Waals surface area contributed by atoms with E-state index >= 15 is 0 Å².